The van der Waals surface area contributed by atoms with Crippen LogP contribution >= 0.6 is 11.3 Å². The van der Waals surface area contributed by atoms with Gasteiger partial charge in [0.25, 0.3) is 0 Å². The third-order valence-electron chi connectivity index (χ3n) is 4.30. The lowest BCUT2D eigenvalue weighted by Gasteiger charge is -2.21. The van der Waals surface area contributed by atoms with Gasteiger partial charge in [-0.3, -0.25) is 0 Å². The van der Waals surface area contributed by atoms with E-state index in [9.17, 15) is 0 Å². The monoisotopic (exact) mass is 303 g/mol. The number of aryl methyl sites for hydroxylation is 1. The number of hydrogen-bond donors (Lipinski definition) is 1. The molecule has 1 N–H and O–H groups in total. The zero-order valence-electron chi connectivity index (χ0n) is 13.4. The van der Waals surface area contributed by atoms with Gasteiger partial charge in [-0.25, -0.2) is 4.98 Å². The highest BCUT2D eigenvalue weighted by Gasteiger charge is 2.21. The van der Waals surface area contributed by atoms with Gasteiger partial charge in [0.1, 0.15) is 5.01 Å². The molecule has 0 aliphatic heterocycles. The summed E-state index contributed by atoms with van der Waals surface area (Å²) in [6, 6.07) is 0.524. The number of rotatable bonds is 3. The van der Waals surface area contributed by atoms with E-state index < -0.39 is 0 Å². The van der Waals surface area contributed by atoms with Crippen molar-refractivity contribution in [3.05, 3.63) is 39.6 Å². The van der Waals surface area contributed by atoms with Crippen molar-refractivity contribution in [1.82, 2.24) is 14.9 Å². The molecule has 0 bridgehead atoms. The number of fused-ring (bicyclic) bond motifs is 1. The summed E-state index contributed by atoms with van der Waals surface area (Å²) in [7, 11) is 2.06. The van der Waals surface area contributed by atoms with Gasteiger partial charge in [-0.05, 0) is 37.4 Å². The number of nitrogens with one attached hydrogen (secondary N) is 1. The Morgan fingerprint density at radius 2 is 2.19 bits per heavy atom. The Balaban J connectivity index is 1.80. The van der Waals surface area contributed by atoms with Gasteiger partial charge in [-0.15, -0.1) is 11.3 Å². The molecule has 3 nitrogen and oxygen atoms in total. The molecule has 2 aromatic rings. The van der Waals surface area contributed by atoms with Crippen LogP contribution in [0.25, 0.3) is 0 Å². The van der Waals surface area contributed by atoms with Gasteiger partial charge in [-0.1, -0.05) is 20.8 Å². The van der Waals surface area contributed by atoms with Crippen LogP contribution in [0.2, 0.25) is 0 Å². The van der Waals surface area contributed by atoms with E-state index >= 15 is 0 Å². The van der Waals surface area contributed by atoms with Crippen LogP contribution in [0.1, 0.15) is 61.5 Å². The summed E-state index contributed by atoms with van der Waals surface area (Å²) in [6.45, 7) is 7.55. The molecule has 1 aliphatic rings. The first kappa shape index (κ1) is 14.8. The third-order valence-corrected chi connectivity index (χ3v) is 5.13. The number of thiazole rings is 1. The van der Waals surface area contributed by atoms with E-state index in [0.29, 0.717) is 6.04 Å². The van der Waals surface area contributed by atoms with Gasteiger partial charge in [-0.2, -0.15) is 0 Å². The fraction of sp³-hybridized carbons (Fsp3) is 0.588. The lowest BCUT2D eigenvalue weighted by atomic mass is 9.91. The largest absolute Gasteiger partial charge is 0.347 e. The molecule has 0 radical (unpaired) electrons. The lowest BCUT2D eigenvalue weighted by Crippen LogP contribution is -2.20. The van der Waals surface area contributed by atoms with Gasteiger partial charge >= 0.3 is 0 Å². The molecule has 114 valence electrons. The van der Waals surface area contributed by atoms with Crippen molar-refractivity contribution in [2.45, 2.75) is 58.0 Å². The minimum Gasteiger partial charge on any atom is -0.347 e. The van der Waals surface area contributed by atoms with Crippen molar-refractivity contribution in [3.63, 3.8) is 0 Å². The van der Waals surface area contributed by atoms with Crippen LogP contribution in [0.15, 0.2) is 17.8 Å². The number of aromatic nitrogens is 2. The van der Waals surface area contributed by atoms with Crippen molar-refractivity contribution in [1.29, 1.82) is 0 Å². The average molecular weight is 303 g/mol. The van der Waals surface area contributed by atoms with Gasteiger partial charge in [0.15, 0.2) is 0 Å². The smallest absolute Gasteiger partial charge is 0.113 e. The highest BCUT2D eigenvalue weighted by molar-refractivity contribution is 7.09. The Labute approximate surface area is 131 Å². The summed E-state index contributed by atoms with van der Waals surface area (Å²) in [5, 5.41) is 6.84. The summed E-state index contributed by atoms with van der Waals surface area (Å²) in [5.41, 5.74) is 4.33. The van der Waals surface area contributed by atoms with Crippen molar-refractivity contribution in [2.75, 3.05) is 7.05 Å². The molecule has 4 heteroatoms. The van der Waals surface area contributed by atoms with Crippen LogP contribution in [0.5, 0.6) is 0 Å². The molecule has 0 saturated carbocycles. The molecule has 0 saturated heterocycles. The van der Waals surface area contributed by atoms with E-state index in [1.807, 2.05) is 0 Å². The average Bonchev–Trinajstić information content (AvgIpc) is 3.03. The second kappa shape index (κ2) is 5.58. The Bertz CT molecular complexity index is 618. The van der Waals surface area contributed by atoms with Crippen LogP contribution < -0.4 is 5.32 Å². The van der Waals surface area contributed by atoms with E-state index in [0.717, 1.165) is 6.54 Å². The summed E-state index contributed by atoms with van der Waals surface area (Å²) in [6.07, 6.45) is 8.38. The molecule has 3 rings (SSSR count). The maximum Gasteiger partial charge on any atom is 0.113 e. The third kappa shape index (κ3) is 3.06. The molecule has 2 heterocycles. The van der Waals surface area contributed by atoms with Crippen LogP contribution in [-0.4, -0.2) is 16.6 Å². The quantitative estimate of drug-likeness (QED) is 0.932. The van der Waals surface area contributed by atoms with Crippen LogP contribution in [0.3, 0.4) is 0 Å². The number of hydrogen-bond acceptors (Lipinski definition) is 3. The SMILES string of the molecule is CNC1CCCc2cn(Cc3nc(C(C)(C)C)cs3)cc21. The second-order valence-corrected chi connectivity index (χ2v) is 7.96. The Morgan fingerprint density at radius 3 is 2.86 bits per heavy atom. The van der Waals surface area contributed by atoms with Gasteiger partial charge in [0.05, 0.1) is 12.2 Å². The van der Waals surface area contributed by atoms with Crippen LogP contribution in [0, 0.1) is 0 Å². The fourth-order valence-corrected chi connectivity index (χ4v) is 4.05. The molecule has 0 spiro atoms. The molecule has 0 fully saturated rings. The Morgan fingerprint density at radius 1 is 1.38 bits per heavy atom. The van der Waals surface area contributed by atoms with Gasteiger partial charge in [0.2, 0.25) is 0 Å². The first-order chi connectivity index (χ1) is 9.97. The lowest BCUT2D eigenvalue weighted by molar-refractivity contribution is 0.498. The molecule has 1 aliphatic carbocycles. The maximum absolute atomic E-state index is 4.80. The Kier molecular flexibility index (Phi) is 3.93. The zero-order valence-corrected chi connectivity index (χ0v) is 14.3. The standard InChI is InChI=1S/C17H25N3S/c1-17(2,3)15-11-21-16(19-15)10-20-8-12-6-5-7-14(18-4)13(12)9-20/h8-9,11,14,18H,5-7,10H2,1-4H3. The minimum absolute atomic E-state index is 0.141. The van der Waals surface area contributed by atoms with E-state index in [2.05, 4.69) is 55.5 Å². The van der Waals surface area contributed by atoms with Crippen molar-refractivity contribution >= 4 is 11.3 Å². The predicted molar refractivity (Wildman–Crippen MR) is 89.1 cm³/mol. The molecular weight excluding hydrogens is 278 g/mol. The first-order valence-electron chi connectivity index (χ1n) is 7.78. The summed E-state index contributed by atoms with van der Waals surface area (Å²) in [5.74, 6) is 0. The topological polar surface area (TPSA) is 29.9 Å². The first-order valence-corrected chi connectivity index (χ1v) is 8.66. The van der Waals surface area contributed by atoms with E-state index in [-0.39, 0.29) is 5.41 Å². The molecule has 1 atom stereocenters. The number of nitrogens with zero attached hydrogens (tertiary/aromatic N) is 2. The van der Waals surface area contributed by atoms with Crippen LogP contribution in [-0.2, 0) is 18.4 Å². The fourth-order valence-electron chi connectivity index (χ4n) is 3.02. The molecule has 0 aromatic carbocycles. The molecule has 21 heavy (non-hydrogen) atoms. The van der Waals surface area contributed by atoms with Crippen LogP contribution in [0.4, 0.5) is 0 Å². The molecule has 1 unspecified atom stereocenters. The maximum atomic E-state index is 4.80. The highest BCUT2D eigenvalue weighted by atomic mass is 32.1. The molecular formula is C17H25N3S. The zero-order chi connectivity index (χ0) is 15.0. The Hall–Kier alpha value is -1.13. The molecule has 2 aromatic heterocycles. The predicted octanol–water partition coefficient (Wildman–Crippen LogP) is 3.89. The van der Waals surface area contributed by atoms with Gasteiger partial charge < -0.3 is 9.88 Å². The summed E-state index contributed by atoms with van der Waals surface area (Å²) < 4.78 is 2.31. The van der Waals surface area contributed by atoms with Crippen molar-refractivity contribution in [2.24, 2.45) is 0 Å². The van der Waals surface area contributed by atoms with E-state index in [4.69, 9.17) is 4.98 Å². The highest BCUT2D eigenvalue weighted by Crippen LogP contribution is 2.31. The normalized spacial score (nSPS) is 18.8. The minimum atomic E-state index is 0.141. The summed E-state index contributed by atoms with van der Waals surface area (Å²) in [4.78, 5) is 4.80. The van der Waals surface area contributed by atoms with E-state index in [1.165, 1.54) is 41.1 Å². The van der Waals surface area contributed by atoms with Crippen molar-refractivity contribution in [3.8, 4) is 0 Å². The van der Waals surface area contributed by atoms with Crippen molar-refractivity contribution < 1.29 is 0 Å². The summed E-state index contributed by atoms with van der Waals surface area (Å²) >= 11 is 1.78. The second-order valence-electron chi connectivity index (χ2n) is 7.02. The van der Waals surface area contributed by atoms with E-state index in [1.54, 1.807) is 11.3 Å². The molecule has 0 amide bonds. The van der Waals surface area contributed by atoms with Gasteiger partial charge in [0, 0.05) is 29.2 Å².